The van der Waals surface area contributed by atoms with Crippen molar-refractivity contribution in [3.8, 4) is 5.75 Å². The Morgan fingerprint density at radius 3 is 2.53 bits per heavy atom. The number of carbonyl (C=O) groups is 2. The Labute approximate surface area is 197 Å². The summed E-state index contributed by atoms with van der Waals surface area (Å²) in [5.41, 5.74) is 1.43. The predicted octanol–water partition coefficient (Wildman–Crippen LogP) is 5.15. The van der Waals surface area contributed by atoms with Gasteiger partial charge in [0.1, 0.15) is 12.2 Å². The molecule has 30 heavy (non-hydrogen) atoms. The van der Waals surface area contributed by atoms with Crippen molar-refractivity contribution >= 4 is 74.4 Å². The minimum absolute atomic E-state index is 0.0483. The number of nitrogens with zero attached hydrogens (tertiary/aromatic N) is 1. The highest BCUT2D eigenvalue weighted by atomic mass is 79.9. The average molecular weight is 526 g/mol. The summed E-state index contributed by atoms with van der Waals surface area (Å²) < 4.78 is 6.40. The van der Waals surface area contributed by atoms with Gasteiger partial charge in [0.15, 0.2) is 10.9 Å². The maximum atomic E-state index is 12.6. The Morgan fingerprint density at radius 1 is 1.20 bits per heavy atom. The maximum absolute atomic E-state index is 12.6. The van der Waals surface area contributed by atoms with E-state index in [1.54, 1.807) is 24.3 Å². The molecule has 5 nitrogen and oxygen atoms in total. The van der Waals surface area contributed by atoms with Crippen molar-refractivity contribution in [2.75, 3.05) is 6.54 Å². The first-order valence-electron chi connectivity index (χ1n) is 8.66. The molecule has 2 aromatic carbocycles. The first kappa shape index (κ1) is 22.5. The third kappa shape index (κ3) is 5.10. The maximum Gasteiger partial charge on any atom is 0.265 e. The summed E-state index contributed by atoms with van der Waals surface area (Å²) >= 11 is 20.8. The van der Waals surface area contributed by atoms with Crippen LogP contribution in [0.15, 0.2) is 59.1 Å². The molecule has 1 heterocycles. The highest BCUT2D eigenvalue weighted by Gasteiger charge is 2.32. The van der Waals surface area contributed by atoms with Gasteiger partial charge in [0.25, 0.3) is 11.8 Å². The number of thiocarbonyl (C=S) groups is 1. The largest absolute Gasteiger partial charge is 0.486 e. The minimum Gasteiger partial charge on any atom is -0.486 e. The van der Waals surface area contributed by atoms with Crippen LogP contribution in [0.5, 0.6) is 5.75 Å². The summed E-state index contributed by atoms with van der Waals surface area (Å²) in [6, 6.07) is 10.6. The Kier molecular flexibility index (Phi) is 7.31. The number of halogens is 3. The van der Waals surface area contributed by atoms with Crippen LogP contribution in [0.4, 0.5) is 0 Å². The number of benzene rings is 2. The lowest BCUT2D eigenvalue weighted by Gasteiger charge is -2.27. The second-order valence-corrected chi connectivity index (χ2v) is 8.34. The summed E-state index contributed by atoms with van der Waals surface area (Å²) in [7, 11) is 0. The average Bonchev–Trinajstić information content (AvgIpc) is 2.69. The van der Waals surface area contributed by atoms with Crippen LogP contribution in [0.3, 0.4) is 0 Å². The highest BCUT2D eigenvalue weighted by molar-refractivity contribution is 9.10. The molecule has 0 atom stereocenters. The number of rotatable bonds is 6. The molecule has 154 valence electrons. The van der Waals surface area contributed by atoms with Crippen LogP contribution in [0, 0.1) is 0 Å². The molecule has 0 radical (unpaired) electrons. The molecule has 1 aliphatic rings. The number of ether oxygens (including phenoxy) is 1. The lowest BCUT2D eigenvalue weighted by atomic mass is 10.1. The van der Waals surface area contributed by atoms with E-state index < -0.39 is 11.8 Å². The van der Waals surface area contributed by atoms with Crippen LogP contribution in [-0.4, -0.2) is 28.4 Å². The number of hydrogen-bond donors (Lipinski definition) is 1. The summed E-state index contributed by atoms with van der Waals surface area (Å²) in [4.78, 5) is 26.2. The Morgan fingerprint density at radius 2 is 1.90 bits per heavy atom. The van der Waals surface area contributed by atoms with E-state index in [4.69, 9.17) is 40.2 Å². The molecule has 2 aromatic rings. The van der Waals surface area contributed by atoms with Gasteiger partial charge >= 0.3 is 0 Å². The molecule has 0 spiro atoms. The lowest BCUT2D eigenvalue weighted by molar-refractivity contribution is -0.128. The Bertz CT molecular complexity index is 1050. The quantitative estimate of drug-likeness (QED) is 0.245. The van der Waals surface area contributed by atoms with Gasteiger partial charge < -0.3 is 4.74 Å². The SMILES string of the molecule is C=CCN1C(=O)/C(=C/c2cc(Cl)c(OCc3ccc(Cl)cc3)c(Br)c2)C(=O)NC1=S. The molecule has 1 aliphatic heterocycles. The molecule has 1 N–H and O–H groups in total. The summed E-state index contributed by atoms with van der Waals surface area (Å²) in [5.74, 6) is -0.623. The molecule has 0 unspecified atom stereocenters. The van der Waals surface area contributed by atoms with Gasteiger partial charge in [0.05, 0.1) is 9.50 Å². The Hall–Kier alpha value is -2.19. The first-order chi connectivity index (χ1) is 14.3. The van der Waals surface area contributed by atoms with Crippen molar-refractivity contribution in [1.29, 1.82) is 0 Å². The van der Waals surface area contributed by atoms with E-state index >= 15 is 0 Å². The van der Waals surface area contributed by atoms with Crippen molar-refractivity contribution < 1.29 is 14.3 Å². The second-order valence-electron chi connectivity index (χ2n) is 6.25. The second kappa shape index (κ2) is 9.75. The van der Waals surface area contributed by atoms with Crippen molar-refractivity contribution in [3.05, 3.63) is 80.3 Å². The molecular formula is C21H15BrCl2N2O3S. The normalized spacial score (nSPS) is 15.4. The lowest BCUT2D eigenvalue weighted by Crippen LogP contribution is -2.53. The molecule has 0 bridgehead atoms. The van der Waals surface area contributed by atoms with E-state index in [-0.39, 0.29) is 17.2 Å². The van der Waals surface area contributed by atoms with Crippen LogP contribution in [-0.2, 0) is 16.2 Å². The molecule has 1 saturated heterocycles. The van der Waals surface area contributed by atoms with Gasteiger partial charge in [-0.05, 0) is 69.6 Å². The first-order valence-corrected chi connectivity index (χ1v) is 10.6. The van der Waals surface area contributed by atoms with Crippen molar-refractivity contribution in [2.24, 2.45) is 0 Å². The van der Waals surface area contributed by atoms with Gasteiger partial charge in [0.2, 0.25) is 0 Å². The third-order valence-electron chi connectivity index (χ3n) is 4.13. The number of nitrogens with one attached hydrogen (secondary N) is 1. The predicted molar refractivity (Wildman–Crippen MR) is 126 cm³/mol. The van der Waals surface area contributed by atoms with Crippen LogP contribution in [0.25, 0.3) is 6.08 Å². The van der Waals surface area contributed by atoms with Gasteiger partial charge in [-0.3, -0.25) is 19.8 Å². The van der Waals surface area contributed by atoms with E-state index in [1.807, 2.05) is 12.1 Å². The third-order valence-corrected chi connectivity index (χ3v) is 5.57. The number of hydrogen-bond acceptors (Lipinski definition) is 4. The zero-order valence-electron chi connectivity index (χ0n) is 15.5. The van der Waals surface area contributed by atoms with E-state index in [2.05, 4.69) is 27.8 Å². The molecule has 1 fully saturated rings. The molecular weight excluding hydrogens is 511 g/mol. The topological polar surface area (TPSA) is 58.6 Å². The molecule has 0 aromatic heterocycles. The fourth-order valence-corrected chi connectivity index (χ4v) is 4.06. The van der Waals surface area contributed by atoms with E-state index in [1.165, 1.54) is 17.1 Å². The molecule has 3 rings (SSSR count). The summed E-state index contributed by atoms with van der Waals surface area (Å²) in [5, 5.41) is 3.52. The smallest absolute Gasteiger partial charge is 0.265 e. The van der Waals surface area contributed by atoms with Gasteiger partial charge in [-0.25, -0.2) is 0 Å². The van der Waals surface area contributed by atoms with Crippen LogP contribution in [0.1, 0.15) is 11.1 Å². The van der Waals surface area contributed by atoms with Crippen LogP contribution >= 0.6 is 51.3 Å². The standard InChI is InChI=1S/C21H15BrCl2N2O3S/c1-2-7-26-20(28)15(19(27)25-21(26)30)8-13-9-16(22)18(17(24)10-13)29-11-12-3-5-14(23)6-4-12/h2-6,8-10H,1,7,11H2,(H,25,27,30)/b15-8+. The zero-order chi connectivity index (χ0) is 21.8. The van der Waals surface area contributed by atoms with E-state index in [0.29, 0.717) is 32.4 Å². The zero-order valence-corrected chi connectivity index (χ0v) is 19.4. The fraction of sp³-hybridized carbons (Fsp3) is 0.0952. The number of amides is 2. The van der Waals surface area contributed by atoms with Gasteiger partial charge in [-0.15, -0.1) is 6.58 Å². The van der Waals surface area contributed by atoms with Crippen molar-refractivity contribution in [1.82, 2.24) is 10.2 Å². The number of carbonyl (C=O) groups excluding carboxylic acids is 2. The highest BCUT2D eigenvalue weighted by Crippen LogP contribution is 2.36. The monoisotopic (exact) mass is 524 g/mol. The van der Waals surface area contributed by atoms with Crippen molar-refractivity contribution in [2.45, 2.75) is 6.61 Å². The van der Waals surface area contributed by atoms with Gasteiger partial charge in [0, 0.05) is 11.6 Å². The summed E-state index contributed by atoms with van der Waals surface area (Å²) in [6.07, 6.45) is 2.98. The summed E-state index contributed by atoms with van der Waals surface area (Å²) in [6.45, 7) is 4.09. The molecule has 0 aliphatic carbocycles. The fourth-order valence-electron chi connectivity index (χ4n) is 2.69. The van der Waals surface area contributed by atoms with E-state index in [0.717, 1.165) is 5.56 Å². The van der Waals surface area contributed by atoms with Crippen LogP contribution in [0.2, 0.25) is 10.0 Å². The molecule has 9 heteroatoms. The molecule has 2 amide bonds. The minimum atomic E-state index is -0.569. The molecule has 0 saturated carbocycles. The van der Waals surface area contributed by atoms with Crippen molar-refractivity contribution in [3.63, 3.8) is 0 Å². The van der Waals surface area contributed by atoms with Gasteiger partial charge in [-0.1, -0.05) is 41.4 Å². The van der Waals surface area contributed by atoms with Crippen LogP contribution < -0.4 is 10.1 Å². The van der Waals surface area contributed by atoms with E-state index in [9.17, 15) is 9.59 Å². The Balaban J connectivity index is 1.84. The van der Waals surface area contributed by atoms with Gasteiger partial charge in [-0.2, -0.15) is 0 Å².